The van der Waals surface area contributed by atoms with Crippen LogP contribution >= 0.6 is 0 Å². The molecule has 0 saturated heterocycles. The molecule has 2 aromatic rings. The van der Waals surface area contributed by atoms with Gasteiger partial charge in [-0.2, -0.15) is 0 Å². The fourth-order valence-electron chi connectivity index (χ4n) is 3.39. The highest BCUT2D eigenvalue weighted by Gasteiger charge is 2.29. The molecule has 2 aliphatic rings. The molecular formula is C19H20N2O5S. The van der Waals surface area contributed by atoms with Gasteiger partial charge in [-0.05, 0) is 30.2 Å². The molecule has 0 fully saturated rings. The summed E-state index contributed by atoms with van der Waals surface area (Å²) in [5.74, 6) is 0.782. The van der Waals surface area contributed by atoms with Gasteiger partial charge in [-0.15, -0.1) is 0 Å². The van der Waals surface area contributed by atoms with Crippen LogP contribution in [0.5, 0.6) is 11.5 Å². The molecule has 0 unspecified atom stereocenters. The first-order valence-corrected chi connectivity index (χ1v) is 10.5. The third-order valence-electron chi connectivity index (χ3n) is 4.68. The quantitative estimate of drug-likeness (QED) is 0.799. The number of rotatable bonds is 4. The van der Waals surface area contributed by atoms with Crippen molar-refractivity contribution in [3.63, 3.8) is 0 Å². The van der Waals surface area contributed by atoms with Crippen LogP contribution in [-0.4, -0.2) is 46.9 Å². The molecule has 2 aliphatic heterocycles. The van der Waals surface area contributed by atoms with E-state index in [9.17, 15) is 13.2 Å². The molecule has 0 spiro atoms. The first kappa shape index (κ1) is 17.7. The number of benzene rings is 2. The van der Waals surface area contributed by atoms with Crippen LogP contribution in [0.2, 0.25) is 0 Å². The fraction of sp³-hybridized carbons (Fsp3) is 0.316. The minimum absolute atomic E-state index is 0.264. The Morgan fingerprint density at radius 1 is 1.11 bits per heavy atom. The van der Waals surface area contributed by atoms with Gasteiger partial charge in [0.1, 0.15) is 19.8 Å². The molecule has 0 aliphatic carbocycles. The maximum absolute atomic E-state index is 12.9. The van der Waals surface area contributed by atoms with Crippen molar-refractivity contribution in [1.29, 1.82) is 0 Å². The molecular weight excluding hydrogens is 368 g/mol. The lowest BCUT2D eigenvalue weighted by Crippen LogP contribution is -2.42. The van der Waals surface area contributed by atoms with E-state index < -0.39 is 10.0 Å². The Bertz CT molecular complexity index is 989. The van der Waals surface area contributed by atoms with Crippen molar-refractivity contribution in [2.24, 2.45) is 0 Å². The Kier molecular flexibility index (Phi) is 4.43. The van der Waals surface area contributed by atoms with Crippen molar-refractivity contribution in [2.75, 3.05) is 41.8 Å². The molecule has 0 atom stereocenters. The number of fused-ring (bicyclic) bond motifs is 2. The van der Waals surface area contributed by atoms with Crippen LogP contribution in [0.25, 0.3) is 0 Å². The van der Waals surface area contributed by atoms with E-state index in [2.05, 4.69) is 0 Å². The molecule has 4 rings (SSSR count). The van der Waals surface area contributed by atoms with Crippen molar-refractivity contribution in [3.05, 3.63) is 48.0 Å². The third kappa shape index (κ3) is 3.44. The van der Waals surface area contributed by atoms with Crippen molar-refractivity contribution >= 4 is 27.3 Å². The monoisotopic (exact) mass is 388 g/mol. The van der Waals surface area contributed by atoms with Gasteiger partial charge in [-0.3, -0.25) is 9.10 Å². The summed E-state index contributed by atoms with van der Waals surface area (Å²) in [4.78, 5) is 14.5. The summed E-state index contributed by atoms with van der Waals surface area (Å²) in [5, 5.41) is 0. The Morgan fingerprint density at radius 2 is 1.85 bits per heavy atom. The van der Waals surface area contributed by atoms with Crippen molar-refractivity contribution in [3.8, 4) is 11.5 Å². The molecule has 0 aromatic heterocycles. The van der Waals surface area contributed by atoms with E-state index in [-0.39, 0.29) is 12.5 Å². The molecule has 0 bridgehead atoms. The molecule has 0 N–H and O–H groups in total. The van der Waals surface area contributed by atoms with Gasteiger partial charge >= 0.3 is 0 Å². The molecule has 1 amide bonds. The van der Waals surface area contributed by atoms with Crippen LogP contribution in [0, 0.1) is 0 Å². The second-order valence-corrected chi connectivity index (χ2v) is 8.43. The van der Waals surface area contributed by atoms with E-state index >= 15 is 0 Å². The third-order valence-corrected chi connectivity index (χ3v) is 5.82. The van der Waals surface area contributed by atoms with Crippen molar-refractivity contribution < 1.29 is 22.7 Å². The van der Waals surface area contributed by atoms with Gasteiger partial charge in [0.05, 0.1) is 11.9 Å². The minimum atomic E-state index is -3.66. The van der Waals surface area contributed by atoms with Crippen LogP contribution in [0.3, 0.4) is 0 Å². The average Bonchev–Trinajstić information content (AvgIpc) is 3.09. The molecule has 142 valence electrons. The number of hydrogen-bond donors (Lipinski definition) is 0. The Labute approximate surface area is 158 Å². The van der Waals surface area contributed by atoms with Gasteiger partial charge in [-0.25, -0.2) is 8.42 Å². The highest BCUT2D eigenvalue weighted by Crippen LogP contribution is 2.35. The first-order chi connectivity index (χ1) is 12.9. The summed E-state index contributed by atoms with van der Waals surface area (Å²) in [6.45, 7) is 1.14. The van der Waals surface area contributed by atoms with Crippen LogP contribution in [0.15, 0.2) is 42.5 Å². The average molecular weight is 388 g/mol. The van der Waals surface area contributed by atoms with Crippen LogP contribution in [0.4, 0.5) is 11.4 Å². The van der Waals surface area contributed by atoms with Crippen LogP contribution in [-0.2, 0) is 21.2 Å². The number of carbonyl (C=O) groups is 1. The first-order valence-electron chi connectivity index (χ1n) is 8.69. The highest BCUT2D eigenvalue weighted by molar-refractivity contribution is 7.92. The Balaban J connectivity index is 1.62. The maximum Gasteiger partial charge on any atom is 0.247 e. The molecule has 7 nitrogen and oxygen atoms in total. The topological polar surface area (TPSA) is 76.2 Å². The molecule has 27 heavy (non-hydrogen) atoms. The largest absolute Gasteiger partial charge is 0.486 e. The van der Waals surface area contributed by atoms with Crippen LogP contribution in [0.1, 0.15) is 5.56 Å². The highest BCUT2D eigenvalue weighted by atomic mass is 32.2. The van der Waals surface area contributed by atoms with Gasteiger partial charge in [-0.1, -0.05) is 18.2 Å². The van der Waals surface area contributed by atoms with Gasteiger partial charge in [0.25, 0.3) is 0 Å². The Morgan fingerprint density at radius 3 is 2.63 bits per heavy atom. The van der Waals surface area contributed by atoms with Gasteiger partial charge in [0.15, 0.2) is 11.5 Å². The number of nitrogens with zero attached hydrogens (tertiary/aromatic N) is 2. The molecule has 8 heteroatoms. The number of para-hydroxylation sites is 1. The maximum atomic E-state index is 12.9. The molecule has 2 heterocycles. The smallest absolute Gasteiger partial charge is 0.247 e. The summed E-state index contributed by atoms with van der Waals surface area (Å²) in [6, 6.07) is 12.6. The number of ether oxygens (including phenoxy) is 2. The van der Waals surface area contributed by atoms with E-state index in [0.29, 0.717) is 36.9 Å². The van der Waals surface area contributed by atoms with Gasteiger partial charge in [0, 0.05) is 18.3 Å². The number of sulfonamides is 1. The van der Waals surface area contributed by atoms with E-state index in [0.717, 1.165) is 28.2 Å². The fourth-order valence-corrected chi connectivity index (χ4v) is 4.23. The van der Waals surface area contributed by atoms with E-state index in [1.807, 2.05) is 24.3 Å². The Hall–Kier alpha value is -2.74. The van der Waals surface area contributed by atoms with Gasteiger partial charge < -0.3 is 14.4 Å². The zero-order valence-corrected chi connectivity index (χ0v) is 15.7. The summed E-state index contributed by atoms with van der Waals surface area (Å²) in [6.07, 6.45) is 1.86. The number of anilines is 2. The van der Waals surface area contributed by atoms with E-state index in [1.54, 1.807) is 23.1 Å². The second kappa shape index (κ2) is 6.77. The summed E-state index contributed by atoms with van der Waals surface area (Å²) in [5.41, 5.74) is 2.32. The lowest BCUT2D eigenvalue weighted by molar-refractivity contribution is -0.117. The van der Waals surface area contributed by atoms with E-state index in [4.69, 9.17) is 9.47 Å². The van der Waals surface area contributed by atoms with Crippen LogP contribution < -0.4 is 18.7 Å². The number of amides is 1. The summed E-state index contributed by atoms with van der Waals surface area (Å²) in [7, 11) is -3.66. The normalized spacial score (nSPS) is 15.4. The predicted molar refractivity (Wildman–Crippen MR) is 102 cm³/mol. The van der Waals surface area contributed by atoms with Crippen molar-refractivity contribution in [1.82, 2.24) is 0 Å². The van der Waals surface area contributed by atoms with E-state index in [1.165, 1.54) is 0 Å². The lowest BCUT2D eigenvalue weighted by atomic mass is 10.2. The number of hydrogen-bond acceptors (Lipinski definition) is 5. The van der Waals surface area contributed by atoms with Crippen molar-refractivity contribution in [2.45, 2.75) is 6.42 Å². The summed E-state index contributed by atoms with van der Waals surface area (Å²) < 4.78 is 36.9. The second-order valence-electron chi connectivity index (χ2n) is 6.52. The molecule has 2 aromatic carbocycles. The summed E-state index contributed by atoms with van der Waals surface area (Å²) >= 11 is 0. The predicted octanol–water partition coefficient (Wildman–Crippen LogP) is 1.81. The minimum Gasteiger partial charge on any atom is -0.486 e. The standard InChI is InChI=1S/C19H20N2O5S/c1-27(23,24)21(15-6-7-17-18(12-15)26-11-10-25-17)13-19(22)20-9-8-14-4-2-3-5-16(14)20/h2-7,12H,8-11,13H2,1H3. The zero-order chi connectivity index (χ0) is 19.0. The molecule has 0 saturated carbocycles. The molecule has 0 radical (unpaired) electrons. The van der Waals surface area contributed by atoms with Gasteiger partial charge in [0.2, 0.25) is 15.9 Å². The SMILES string of the molecule is CS(=O)(=O)N(CC(=O)N1CCc2ccccc21)c1ccc2c(c1)OCCO2. The lowest BCUT2D eigenvalue weighted by Gasteiger charge is -2.27. The number of carbonyl (C=O) groups excluding carboxylic acids is 1. The zero-order valence-electron chi connectivity index (χ0n) is 14.9.